The molecule has 0 aromatic heterocycles. The molecule has 0 radical (unpaired) electrons. The molecule has 1 fully saturated rings. The van der Waals surface area contributed by atoms with E-state index in [1.807, 2.05) is 0 Å². The Labute approximate surface area is 181 Å². The minimum Gasteiger partial charge on any atom is -0.491 e. The van der Waals surface area contributed by atoms with Crippen molar-refractivity contribution in [2.45, 2.75) is 6.10 Å². The Morgan fingerprint density at radius 3 is 2.43 bits per heavy atom. The summed E-state index contributed by atoms with van der Waals surface area (Å²) in [6.07, 6.45) is 0.424. The third-order valence-corrected chi connectivity index (χ3v) is 5.61. The fourth-order valence-electron chi connectivity index (χ4n) is 3.25. The number of halogens is 2. The number of hydrogen-bond donors (Lipinski definition) is 2. The van der Waals surface area contributed by atoms with Gasteiger partial charge in [-0.2, -0.15) is 0 Å². The van der Waals surface area contributed by atoms with Crippen LogP contribution in [-0.4, -0.2) is 70.1 Å². The number of hydrogen-bond acceptors (Lipinski definition) is 6. The first-order chi connectivity index (χ1) is 14.2. The molecule has 0 amide bonds. The van der Waals surface area contributed by atoms with Crippen molar-refractivity contribution in [3.63, 3.8) is 0 Å². The number of nitrogens with zero attached hydrogens (tertiary/aromatic N) is 2. The fraction of sp³-hybridized carbons (Fsp3) is 0.400. The maximum atomic E-state index is 13.3. The van der Waals surface area contributed by atoms with Crippen LogP contribution in [0.5, 0.6) is 5.75 Å². The minimum absolute atomic E-state index is 0.114. The second-order valence-corrected chi connectivity index (χ2v) is 9.41. The number of anilines is 2. The molecule has 164 valence electrons. The molecular formula is C20H25ClFN3O4S. The van der Waals surface area contributed by atoms with E-state index in [2.05, 4.69) is 14.5 Å². The van der Waals surface area contributed by atoms with E-state index in [1.54, 1.807) is 36.4 Å². The maximum absolute atomic E-state index is 13.3. The molecule has 10 heteroatoms. The van der Waals surface area contributed by atoms with Crippen molar-refractivity contribution in [2.75, 3.05) is 55.2 Å². The van der Waals surface area contributed by atoms with Crippen LogP contribution in [0, 0.1) is 5.82 Å². The Morgan fingerprint density at radius 2 is 1.83 bits per heavy atom. The van der Waals surface area contributed by atoms with Gasteiger partial charge in [0, 0.05) is 44.1 Å². The standard InChI is InChI=1S/C20H25ClFN3O4S/c1-30(27,28)23-15-2-5-18(6-3-15)29-14-17(26)13-24-8-10-25(11-9-24)16-4-7-20(22)19(21)12-16/h2-7,12,17,23,26H,8-11,13-14H2,1H3/t17-/m0/s1. The van der Waals surface area contributed by atoms with Crippen LogP contribution in [0.4, 0.5) is 15.8 Å². The Balaban J connectivity index is 1.41. The molecule has 1 saturated heterocycles. The molecule has 2 N–H and O–H groups in total. The fourth-order valence-corrected chi connectivity index (χ4v) is 3.99. The topological polar surface area (TPSA) is 82.1 Å². The van der Waals surface area contributed by atoms with Gasteiger partial charge in [0.05, 0.1) is 11.3 Å². The van der Waals surface area contributed by atoms with Crippen molar-refractivity contribution in [1.82, 2.24) is 4.90 Å². The minimum atomic E-state index is -3.32. The summed E-state index contributed by atoms with van der Waals surface area (Å²) in [5.74, 6) is 0.120. The first-order valence-electron chi connectivity index (χ1n) is 9.51. The van der Waals surface area contributed by atoms with Gasteiger partial charge in [-0.25, -0.2) is 12.8 Å². The first kappa shape index (κ1) is 22.6. The molecule has 0 unspecified atom stereocenters. The highest BCUT2D eigenvalue weighted by Gasteiger charge is 2.20. The van der Waals surface area contributed by atoms with Crippen LogP contribution in [-0.2, 0) is 10.0 Å². The highest BCUT2D eigenvalue weighted by molar-refractivity contribution is 7.92. The molecule has 1 heterocycles. The molecule has 1 aliphatic rings. The number of nitrogens with one attached hydrogen (secondary N) is 1. The zero-order chi connectivity index (χ0) is 21.7. The summed E-state index contributed by atoms with van der Waals surface area (Å²) >= 11 is 5.86. The van der Waals surface area contributed by atoms with Crippen LogP contribution in [0.15, 0.2) is 42.5 Å². The lowest BCUT2D eigenvalue weighted by molar-refractivity contribution is 0.0663. The van der Waals surface area contributed by atoms with E-state index in [0.29, 0.717) is 18.0 Å². The highest BCUT2D eigenvalue weighted by atomic mass is 35.5. The zero-order valence-electron chi connectivity index (χ0n) is 16.6. The summed E-state index contributed by atoms with van der Waals surface area (Å²) in [6, 6.07) is 11.2. The van der Waals surface area contributed by atoms with Crippen LogP contribution >= 0.6 is 11.6 Å². The van der Waals surface area contributed by atoms with Crippen LogP contribution in [0.3, 0.4) is 0 Å². The molecule has 30 heavy (non-hydrogen) atoms. The molecule has 2 aromatic carbocycles. The van der Waals surface area contributed by atoms with Crippen molar-refractivity contribution >= 4 is 33.0 Å². The second kappa shape index (κ2) is 9.82. The van der Waals surface area contributed by atoms with Crippen molar-refractivity contribution < 1.29 is 22.7 Å². The number of aliphatic hydroxyl groups excluding tert-OH is 1. The Hall–Kier alpha value is -2.07. The lowest BCUT2D eigenvalue weighted by Gasteiger charge is -2.37. The summed E-state index contributed by atoms with van der Waals surface area (Å²) in [5, 5.41) is 10.4. The van der Waals surface area contributed by atoms with E-state index in [9.17, 15) is 17.9 Å². The predicted octanol–water partition coefficient (Wildman–Crippen LogP) is 2.41. The van der Waals surface area contributed by atoms with Gasteiger partial charge in [0.1, 0.15) is 24.3 Å². The smallest absolute Gasteiger partial charge is 0.229 e. The number of β-amino-alcohol motifs (C(OH)–C–C–N with tert-alkyl or cyclic N) is 1. The van der Waals surface area contributed by atoms with Crippen LogP contribution in [0.1, 0.15) is 0 Å². The second-order valence-electron chi connectivity index (χ2n) is 7.25. The summed E-state index contributed by atoms with van der Waals surface area (Å²) in [5.41, 5.74) is 1.34. The number of piperazine rings is 1. The number of sulfonamides is 1. The van der Waals surface area contributed by atoms with Crippen LogP contribution in [0.25, 0.3) is 0 Å². The third kappa shape index (κ3) is 6.73. The summed E-state index contributed by atoms with van der Waals surface area (Å²) in [7, 11) is -3.32. The number of benzene rings is 2. The molecule has 7 nitrogen and oxygen atoms in total. The van der Waals surface area contributed by atoms with Crippen LogP contribution in [0.2, 0.25) is 5.02 Å². The molecule has 2 aromatic rings. The van der Waals surface area contributed by atoms with Gasteiger partial charge in [-0.1, -0.05) is 11.6 Å². The lowest BCUT2D eigenvalue weighted by atomic mass is 10.2. The van der Waals surface area contributed by atoms with Gasteiger partial charge in [-0.05, 0) is 42.5 Å². The Bertz CT molecular complexity index is 951. The quantitative estimate of drug-likeness (QED) is 0.633. The van der Waals surface area contributed by atoms with E-state index >= 15 is 0 Å². The molecule has 0 spiro atoms. The molecule has 1 atom stereocenters. The van der Waals surface area contributed by atoms with Gasteiger partial charge < -0.3 is 14.7 Å². The van der Waals surface area contributed by atoms with Crippen molar-refractivity contribution in [2.24, 2.45) is 0 Å². The average molecular weight is 458 g/mol. The average Bonchev–Trinajstić information content (AvgIpc) is 2.69. The molecule has 1 aliphatic heterocycles. The zero-order valence-corrected chi connectivity index (χ0v) is 18.2. The van der Waals surface area contributed by atoms with E-state index in [1.165, 1.54) is 6.07 Å². The van der Waals surface area contributed by atoms with Crippen molar-refractivity contribution in [1.29, 1.82) is 0 Å². The molecule has 0 bridgehead atoms. The van der Waals surface area contributed by atoms with Gasteiger partial charge in [0.2, 0.25) is 10.0 Å². The van der Waals surface area contributed by atoms with Crippen molar-refractivity contribution in [3.05, 3.63) is 53.3 Å². The van der Waals surface area contributed by atoms with E-state index in [0.717, 1.165) is 38.1 Å². The highest BCUT2D eigenvalue weighted by Crippen LogP contribution is 2.23. The Kier molecular flexibility index (Phi) is 7.41. The summed E-state index contributed by atoms with van der Waals surface area (Å²) in [6.45, 7) is 3.64. The Morgan fingerprint density at radius 1 is 1.17 bits per heavy atom. The summed E-state index contributed by atoms with van der Waals surface area (Å²) in [4.78, 5) is 4.28. The van der Waals surface area contributed by atoms with E-state index in [4.69, 9.17) is 16.3 Å². The molecular weight excluding hydrogens is 433 g/mol. The van der Waals surface area contributed by atoms with E-state index < -0.39 is 21.9 Å². The van der Waals surface area contributed by atoms with Crippen molar-refractivity contribution in [3.8, 4) is 5.75 Å². The largest absolute Gasteiger partial charge is 0.491 e. The van der Waals surface area contributed by atoms with E-state index in [-0.39, 0.29) is 11.6 Å². The normalized spacial score (nSPS) is 16.3. The van der Waals surface area contributed by atoms with Gasteiger partial charge >= 0.3 is 0 Å². The maximum Gasteiger partial charge on any atom is 0.229 e. The number of ether oxygens (including phenoxy) is 1. The number of aliphatic hydroxyl groups is 1. The monoisotopic (exact) mass is 457 g/mol. The lowest BCUT2D eigenvalue weighted by Crippen LogP contribution is -2.49. The van der Waals surface area contributed by atoms with Gasteiger partial charge in [0.25, 0.3) is 0 Å². The van der Waals surface area contributed by atoms with Crippen LogP contribution < -0.4 is 14.4 Å². The molecule has 0 aliphatic carbocycles. The SMILES string of the molecule is CS(=O)(=O)Nc1ccc(OC[C@@H](O)CN2CCN(c3ccc(F)c(Cl)c3)CC2)cc1. The third-order valence-electron chi connectivity index (χ3n) is 4.71. The molecule has 3 rings (SSSR count). The summed E-state index contributed by atoms with van der Waals surface area (Å²) < 4.78 is 43.7. The number of rotatable bonds is 8. The van der Waals surface area contributed by atoms with Gasteiger partial charge in [-0.3, -0.25) is 9.62 Å². The first-order valence-corrected chi connectivity index (χ1v) is 11.8. The molecule has 0 saturated carbocycles. The predicted molar refractivity (Wildman–Crippen MR) is 116 cm³/mol. The van der Waals surface area contributed by atoms with Gasteiger partial charge in [0.15, 0.2) is 0 Å². The van der Waals surface area contributed by atoms with Gasteiger partial charge in [-0.15, -0.1) is 0 Å².